The quantitative estimate of drug-likeness (QED) is 0.505. The van der Waals surface area contributed by atoms with E-state index in [9.17, 15) is 8.42 Å². The molecule has 160 valence electrons. The van der Waals surface area contributed by atoms with Gasteiger partial charge in [-0.1, -0.05) is 68.7 Å². The highest BCUT2D eigenvalue weighted by Crippen LogP contribution is 2.23. The molecule has 0 saturated carbocycles. The van der Waals surface area contributed by atoms with Crippen LogP contribution in [0.1, 0.15) is 50.6 Å². The van der Waals surface area contributed by atoms with E-state index in [1.54, 1.807) is 12.1 Å². The van der Waals surface area contributed by atoms with Gasteiger partial charge in [0, 0.05) is 12.1 Å². The number of hydrogen-bond acceptors (Lipinski definition) is 5. The van der Waals surface area contributed by atoms with Gasteiger partial charge in [0.2, 0.25) is 21.7 Å². The fourth-order valence-corrected chi connectivity index (χ4v) is 4.75. The number of sulfonamides is 1. The zero-order chi connectivity index (χ0) is 21.9. The van der Waals surface area contributed by atoms with Crippen molar-refractivity contribution in [1.82, 2.24) is 14.4 Å². The minimum absolute atomic E-state index is 0.0330. The van der Waals surface area contributed by atoms with Crippen LogP contribution in [0.2, 0.25) is 0 Å². The molecular weight excluding hydrogens is 398 g/mol. The topological polar surface area (TPSA) is 76.3 Å². The minimum atomic E-state index is -3.69. The third kappa shape index (κ3) is 5.15. The van der Waals surface area contributed by atoms with Crippen LogP contribution < -0.4 is 0 Å². The van der Waals surface area contributed by atoms with Crippen LogP contribution in [0.3, 0.4) is 0 Å². The smallest absolute Gasteiger partial charge is 0.243 e. The van der Waals surface area contributed by atoms with E-state index in [1.165, 1.54) is 4.31 Å². The van der Waals surface area contributed by atoms with Crippen LogP contribution >= 0.6 is 0 Å². The van der Waals surface area contributed by atoms with Crippen molar-refractivity contribution < 1.29 is 12.9 Å². The first-order chi connectivity index (χ1) is 14.2. The molecule has 30 heavy (non-hydrogen) atoms. The molecule has 0 aliphatic carbocycles. The van der Waals surface area contributed by atoms with Crippen molar-refractivity contribution in [2.24, 2.45) is 5.92 Å². The molecule has 0 N–H and O–H groups in total. The predicted octanol–water partition coefficient (Wildman–Crippen LogP) is 5.02. The summed E-state index contributed by atoms with van der Waals surface area (Å²) < 4.78 is 33.4. The van der Waals surface area contributed by atoms with Crippen LogP contribution in [0, 0.1) is 12.8 Å². The first-order valence-electron chi connectivity index (χ1n) is 10.2. The number of aryl methyl sites for hydroxylation is 1. The molecule has 0 aliphatic rings. The van der Waals surface area contributed by atoms with Gasteiger partial charge in [-0.3, -0.25) is 0 Å². The van der Waals surface area contributed by atoms with E-state index in [2.05, 4.69) is 24.0 Å². The monoisotopic (exact) mass is 427 g/mol. The Morgan fingerprint density at radius 1 is 1.03 bits per heavy atom. The number of hydrogen-bond donors (Lipinski definition) is 0. The summed E-state index contributed by atoms with van der Waals surface area (Å²) >= 11 is 0. The molecule has 0 bridgehead atoms. The van der Waals surface area contributed by atoms with Gasteiger partial charge in [0.25, 0.3) is 0 Å². The molecule has 6 nitrogen and oxygen atoms in total. The number of benzene rings is 2. The van der Waals surface area contributed by atoms with E-state index in [4.69, 9.17) is 4.52 Å². The second-order valence-corrected chi connectivity index (χ2v) is 10.2. The van der Waals surface area contributed by atoms with E-state index in [0.29, 0.717) is 18.3 Å². The van der Waals surface area contributed by atoms with Crippen molar-refractivity contribution in [3.05, 3.63) is 65.5 Å². The van der Waals surface area contributed by atoms with Gasteiger partial charge in [0.1, 0.15) is 0 Å². The van der Waals surface area contributed by atoms with Crippen molar-refractivity contribution in [2.75, 3.05) is 6.54 Å². The summed E-state index contributed by atoms with van der Waals surface area (Å²) in [6.07, 6.45) is 0. The van der Waals surface area contributed by atoms with Crippen LogP contribution in [0.15, 0.2) is 57.9 Å². The lowest BCUT2D eigenvalue weighted by atomic mass is 10.0. The van der Waals surface area contributed by atoms with Crippen molar-refractivity contribution in [2.45, 2.75) is 52.0 Å². The minimum Gasteiger partial charge on any atom is -0.338 e. The Labute approximate surface area is 179 Å². The normalized spacial score (nSPS) is 12.3. The lowest BCUT2D eigenvalue weighted by Gasteiger charge is -2.22. The molecule has 0 atom stereocenters. The highest BCUT2D eigenvalue weighted by atomic mass is 32.2. The molecule has 2 aromatic carbocycles. The molecule has 0 radical (unpaired) electrons. The maximum atomic E-state index is 13.3. The largest absolute Gasteiger partial charge is 0.338 e. The number of aromatic nitrogens is 2. The highest BCUT2D eigenvalue weighted by molar-refractivity contribution is 7.89. The fraction of sp³-hybridized carbons (Fsp3) is 0.391. The molecule has 0 saturated heterocycles. The first-order valence-corrected chi connectivity index (χ1v) is 11.6. The molecule has 3 rings (SSSR count). The summed E-state index contributed by atoms with van der Waals surface area (Å²) in [4.78, 5) is 4.70. The van der Waals surface area contributed by atoms with Crippen LogP contribution in [0.4, 0.5) is 0 Å². The lowest BCUT2D eigenvalue weighted by Crippen LogP contribution is -2.34. The molecule has 1 aromatic heterocycles. The van der Waals surface area contributed by atoms with Crippen molar-refractivity contribution >= 4 is 10.0 Å². The summed E-state index contributed by atoms with van der Waals surface area (Å²) in [5.74, 6) is 1.22. The SMILES string of the molecule is Cc1cccc(-c2noc(CN(CC(C)C)S(=O)(=O)c3ccc(C(C)C)cc3)n2)c1. The van der Waals surface area contributed by atoms with Crippen LogP contribution in [0.25, 0.3) is 11.4 Å². The number of rotatable bonds is 8. The second kappa shape index (κ2) is 9.10. The van der Waals surface area contributed by atoms with Gasteiger partial charge in [-0.05, 0) is 42.5 Å². The van der Waals surface area contributed by atoms with Crippen LogP contribution in [0.5, 0.6) is 0 Å². The zero-order valence-electron chi connectivity index (χ0n) is 18.2. The molecule has 0 aliphatic heterocycles. The van der Waals surface area contributed by atoms with E-state index < -0.39 is 10.0 Å². The van der Waals surface area contributed by atoms with Crippen LogP contribution in [-0.2, 0) is 16.6 Å². The molecule has 0 amide bonds. The van der Waals surface area contributed by atoms with E-state index in [0.717, 1.165) is 16.7 Å². The third-order valence-electron chi connectivity index (χ3n) is 4.81. The Balaban J connectivity index is 1.87. The van der Waals surface area contributed by atoms with Crippen LogP contribution in [-0.4, -0.2) is 29.4 Å². The summed E-state index contributed by atoms with van der Waals surface area (Å²) in [5, 5.41) is 4.04. The van der Waals surface area contributed by atoms with Gasteiger partial charge < -0.3 is 4.52 Å². The summed E-state index contributed by atoms with van der Waals surface area (Å²) in [6.45, 7) is 10.5. The maximum absolute atomic E-state index is 13.3. The Morgan fingerprint density at radius 2 is 1.73 bits per heavy atom. The Bertz CT molecular complexity index is 1090. The third-order valence-corrected chi connectivity index (χ3v) is 6.64. The van der Waals surface area contributed by atoms with Gasteiger partial charge >= 0.3 is 0 Å². The van der Waals surface area contributed by atoms with Gasteiger partial charge in [-0.15, -0.1) is 0 Å². The molecule has 0 spiro atoms. The molecule has 1 heterocycles. The van der Waals surface area contributed by atoms with Gasteiger partial charge in [0.15, 0.2) is 0 Å². The first kappa shape index (κ1) is 22.2. The van der Waals surface area contributed by atoms with Gasteiger partial charge in [-0.2, -0.15) is 9.29 Å². The van der Waals surface area contributed by atoms with E-state index in [-0.39, 0.29) is 23.2 Å². The summed E-state index contributed by atoms with van der Waals surface area (Å²) in [6, 6.07) is 14.9. The second-order valence-electron chi connectivity index (χ2n) is 8.30. The Kier molecular flexibility index (Phi) is 6.73. The van der Waals surface area contributed by atoms with Crippen molar-refractivity contribution in [1.29, 1.82) is 0 Å². The standard InChI is InChI=1S/C23H29N3O3S/c1-16(2)14-26(30(27,28)21-11-9-19(10-12-21)17(3)4)15-22-24-23(25-29-22)20-8-6-7-18(5)13-20/h6-13,16-17H,14-15H2,1-5H3. The Morgan fingerprint density at radius 3 is 2.33 bits per heavy atom. The summed E-state index contributed by atoms with van der Waals surface area (Å²) in [5.41, 5.74) is 3.03. The zero-order valence-corrected chi connectivity index (χ0v) is 19.0. The molecular formula is C23H29N3O3S. The highest BCUT2D eigenvalue weighted by Gasteiger charge is 2.27. The van der Waals surface area contributed by atoms with E-state index in [1.807, 2.05) is 57.2 Å². The lowest BCUT2D eigenvalue weighted by molar-refractivity contribution is 0.298. The maximum Gasteiger partial charge on any atom is 0.243 e. The Hall–Kier alpha value is -2.51. The molecule has 0 fully saturated rings. The fourth-order valence-electron chi connectivity index (χ4n) is 3.20. The number of nitrogens with zero attached hydrogens (tertiary/aromatic N) is 3. The van der Waals surface area contributed by atoms with Gasteiger partial charge in [0.05, 0.1) is 11.4 Å². The molecule has 3 aromatic rings. The summed E-state index contributed by atoms with van der Waals surface area (Å²) in [7, 11) is -3.69. The predicted molar refractivity (Wildman–Crippen MR) is 117 cm³/mol. The van der Waals surface area contributed by atoms with Crippen molar-refractivity contribution in [3.63, 3.8) is 0 Å². The average molecular weight is 428 g/mol. The van der Waals surface area contributed by atoms with E-state index >= 15 is 0 Å². The van der Waals surface area contributed by atoms with Gasteiger partial charge in [-0.25, -0.2) is 8.42 Å². The van der Waals surface area contributed by atoms with Crippen molar-refractivity contribution in [3.8, 4) is 11.4 Å². The molecule has 0 unspecified atom stereocenters. The average Bonchev–Trinajstić information content (AvgIpc) is 3.16. The molecule has 7 heteroatoms.